The first kappa shape index (κ1) is 9.73. The lowest BCUT2D eigenvalue weighted by molar-refractivity contribution is -0.141. The maximum atomic E-state index is 12.1. The zero-order valence-corrected chi connectivity index (χ0v) is 7.98. The van der Waals surface area contributed by atoms with E-state index in [1.54, 1.807) is 0 Å². The van der Waals surface area contributed by atoms with Crippen LogP contribution in [0.5, 0.6) is 0 Å². The fourth-order valence-corrected chi connectivity index (χ4v) is 1.31. The first-order valence-corrected chi connectivity index (χ1v) is 4.07. The van der Waals surface area contributed by atoms with Crippen molar-refractivity contribution < 1.29 is 13.2 Å². The molecule has 0 spiro atoms. The van der Waals surface area contributed by atoms with Gasteiger partial charge in [-0.25, -0.2) is 0 Å². The highest BCUT2D eigenvalue weighted by Crippen LogP contribution is 2.33. The molecule has 1 N–H and O–H groups in total. The van der Waals surface area contributed by atoms with E-state index in [4.69, 9.17) is 0 Å². The Balaban J connectivity index is 3.36. The number of alkyl halides is 3. The lowest BCUT2D eigenvalue weighted by Gasteiger charge is -2.07. The van der Waals surface area contributed by atoms with Gasteiger partial charge in [-0.1, -0.05) is 12.2 Å². The molecule has 1 aromatic rings. The number of aromatic nitrogens is 1. The van der Waals surface area contributed by atoms with Gasteiger partial charge >= 0.3 is 6.18 Å². The van der Waals surface area contributed by atoms with E-state index in [2.05, 4.69) is 33.1 Å². The van der Waals surface area contributed by atoms with Crippen LogP contribution in [0, 0.1) is 4.51 Å². The average Bonchev–Trinajstić information content (AvgIpc) is 1.92. The largest absolute Gasteiger partial charge is 0.432 e. The Hall–Kier alpha value is -0.360. The van der Waals surface area contributed by atoms with E-state index in [0.29, 0.717) is 0 Å². The van der Waals surface area contributed by atoms with Crippen molar-refractivity contribution in [2.45, 2.75) is 6.18 Å². The predicted molar refractivity (Wildman–Crippen MR) is 44.3 cm³/mol. The molecule has 12 heavy (non-hydrogen) atoms. The number of nitrogens with one attached hydrogen (secondary N) is 1. The van der Waals surface area contributed by atoms with Crippen LogP contribution in [-0.2, 0) is 6.18 Å². The Bertz CT molecular complexity index is 343. The Morgan fingerprint density at radius 2 is 2.00 bits per heavy atom. The molecule has 0 aliphatic heterocycles. The first-order valence-electron chi connectivity index (χ1n) is 2.87. The van der Waals surface area contributed by atoms with Gasteiger partial charge in [-0.3, -0.25) is 0 Å². The number of pyridine rings is 1. The first-order chi connectivity index (χ1) is 5.43. The molecule has 0 aromatic carbocycles. The number of rotatable bonds is 0. The zero-order valence-electron chi connectivity index (χ0n) is 5.57. The highest BCUT2D eigenvalue weighted by Gasteiger charge is 2.34. The van der Waals surface area contributed by atoms with Gasteiger partial charge in [0.2, 0.25) is 0 Å². The van der Waals surface area contributed by atoms with E-state index in [-0.39, 0.29) is 8.98 Å². The maximum absolute atomic E-state index is 12.1. The van der Waals surface area contributed by atoms with Crippen molar-refractivity contribution in [1.29, 1.82) is 0 Å². The van der Waals surface area contributed by atoms with Crippen LogP contribution in [0.15, 0.2) is 16.7 Å². The van der Waals surface area contributed by atoms with E-state index < -0.39 is 11.9 Å². The normalized spacial score (nSPS) is 11.7. The summed E-state index contributed by atoms with van der Waals surface area (Å²) in [4.78, 5) is 2.08. The van der Waals surface area contributed by atoms with Crippen LogP contribution in [0.25, 0.3) is 0 Å². The molecule has 0 fully saturated rings. The molecular weight excluding hydrogens is 255 g/mol. The smallest absolute Gasteiger partial charge is 0.357 e. The third-order valence-electron chi connectivity index (χ3n) is 1.18. The molecule has 1 rings (SSSR count). The topological polar surface area (TPSA) is 15.8 Å². The van der Waals surface area contributed by atoms with Gasteiger partial charge in [-0.2, -0.15) is 13.2 Å². The monoisotopic (exact) mass is 257 g/mol. The summed E-state index contributed by atoms with van der Waals surface area (Å²) in [6.07, 6.45) is -3.23. The second-order valence-electron chi connectivity index (χ2n) is 2.03. The second kappa shape index (κ2) is 3.18. The van der Waals surface area contributed by atoms with Gasteiger partial charge in [0.25, 0.3) is 0 Å². The highest BCUT2D eigenvalue weighted by atomic mass is 79.9. The summed E-state index contributed by atoms with van der Waals surface area (Å²) in [6.45, 7) is 0. The van der Waals surface area contributed by atoms with Crippen molar-refractivity contribution in [2.75, 3.05) is 0 Å². The van der Waals surface area contributed by atoms with Crippen LogP contribution in [0.1, 0.15) is 5.69 Å². The van der Waals surface area contributed by atoms with Crippen LogP contribution in [-0.4, -0.2) is 4.98 Å². The third-order valence-corrected chi connectivity index (χ3v) is 2.61. The molecule has 1 aromatic heterocycles. The Morgan fingerprint density at radius 3 is 2.42 bits per heavy atom. The van der Waals surface area contributed by atoms with E-state index in [1.807, 2.05) is 0 Å². The summed E-state index contributed by atoms with van der Waals surface area (Å²) < 4.78 is 36.4. The summed E-state index contributed by atoms with van der Waals surface area (Å²) >= 11 is 7.40. The van der Waals surface area contributed by atoms with Crippen molar-refractivity contribution in [1.82, 2.24) is 4.98 Å². The summed E-state index contributed by atoms with van der Waals surface area (Å²) in [6, 6.07) is 1.38. The fourth-order valence-electron chi connectivity index (χ4n) is 0.667. The number of H-pyrrole nitrogens is 1. The van der Waals surface area contributed by atoms with Gasteiger partial charge in [0.1, 0.15) is 5.69 Å². The van der Waals surface area contributed by atoms with Gasteiger partial charge in [0, 0.05) is 6.20 Å². The summed E-state index contributed by atoms with van der Waals surface area (Å²) in [7, 11) is 0. The van der Waals surface area contributed by atoms with Gasteiger partial charge in [-0.05, 0) is 22.0 Å². The quantitative estimate of drug-likeness (QED) is 0.704. The fraction of sp³-hybridized carbons (Fsp3) is 0.167. The van der Waals surface area contributed by atoms with Crippen LogP contribution >= 0.6 is 28.1 Å². The predicted octanol–water partition coefficient (Wildman–Crippen LogP) is 3.53. The van der Waals surface area contributed by atoms with Gasteiger partial charge in [-0.15, -0.1) is 0 Å². The van der Waals surface area contributed by atoms with Gasteiger partial charge < -0.3 is 4.98 Å². The Morgan fingerprint density at radius 1 is 1.42 bits per heavy atom. The average molecular weight is 258 g/mol. The Labute approximate surface area is 79.7 Å². The molecule has 0 unspecified atom stereocenters. The molecule has 66 valence electrons. The molecule has 1 nitrogen and oxygen atoms in total. The second-order valence-corrected chi connectivity index (χ2v) is 3.26. The molecule has 0 saturated heterocycles. The minimum Gasteiger partial charge on any atom is -0.357 e. The van der Waals surface area contributed by atoms with Crippen molar-refractivity contribution >= 4 is 28.1 Å². The number of hydrogen-bond acceptors (Lipinski definition) is 1. The van der Waals surface area contributed by atoms with Gasteiger partial charge in [0.05, 0.1) is 8.98 Å². The third kappa shape index (κ3) is 1.87. The molecule has 0 atom stereocenters. The summed E-state index contributed by atoms with van der Waals surface area (Å²) in [5.74, 6) is 0. The molecule has 0 radical (unpaired) electrons. The number of halogens is 4. The van der Waals surface area contributed by atoms with Gasteiger partial charge in [0.15, 0.2) is 0 Å². The van der Waals surface area contributed by atoms with Crippen LogP contribution < -0.4 is 0 Å². The lowest BCUT2D eigenvalue weighted by Crippen LogP contribution is -2.08. The number of hydrogen-bond donors (Lipinski definition) is 1. The standard InChI is InChI=1S/C6H3BrF3NS/c7-4-3(12)1-2-11-5(4)6(8,9)10/h1-2H,(H,11,12). The SMILES string of the molecule is FC(F)(F)c1[nH]ccc(=S)c1Br. The molecule has 0 aliphatic carbocycles. The minimum absolute atomic E-state index is 0.118. The Kier molecular flexibility index (Phi) is 2.58. The van der Waals surface area contributed by atoms with E-state index in [0.717, 1.165) is 6.20 Å². The molecule has 0 amide bonds. The van der Waals surface area contributed by atoms with E-state index in [9.17, 15) is 13.2 Å². The molecule has 0 aliphatic rings. The molecule has 0 saturated carbocycles. The number of aromatic amines is 1. The van der Waals surface area contributed by atoms with Crippen molar-refractivity contribution in [2.24, 2.45) is 0 Å². The van der Waals surface area contributed by atoms with Crippen molar-refractivity contribution in [3.05, 3.63) is 26.9 Å². The molecule has 6 heteroatoms. The molecule has 0 bridgehead atoms. The van der Waals surface area contributed by atoms with E-state index >= 15 is 0 Å². The van der Waals surface area contributed by atoms with E-state index in [1.165, 1.54) is 6.07 Å². The van der Waals surface area contributed by atoms with Crippen LogP contribution in [0.4, 0.5) is 13.2 Å². The molecule has 1 heterocycles. The maximum Gasteiger partial charge on any atom is 0.432 e. The van der Waals surface area contributed by atoms with Crippen LogP contribution in [0.3, 0.4) is 0 Å². The minimum atomic E-state index is -4.40. The summed E-state index contributed by atoms with van der Waals surface area (Å²) in [5, 5.41) is 0. The summed E-state index contributed by atoms with van der Waals surface area (Å²) in [5.41, 5.74) is -0.852. The highest BCUT2D eigenvalue weighted by molar-refractivity contribution is 9.10. The van der Waals surface area contributed by atoms with Crippen LogP contribution in [0.2, 0.25) is 0 Å². The van der Waals surface area contributed by atoms with Crippen molar-refractivity contribution in [3.63, 3.8) is 0 Å². The van der Waals surface area contributed by atoms with Crippen molar-refractivity contribution in [3.8, 4) is 0 Å². The zero-order chi connectivity index (χ0) is 9.35. The molecular formula is C6H3BrF3NS. The lowest BCUT2D eigenvalue weighted by atomic mass is 10.3.